The minimum Gasteiger partial charge on any atom is -0.297 e. The Morgan fingerprint density at radius 3 is 2.48 bits per heavy atom. The van der Waals surface area contributed by atoms with Gasteiger partial charge in [-0.15, -0.1) is 0 Å². The Balaban J connectivity index is 2.35. The summed E-state index contributed by atoms with van der Waals surface area (Å²) in [6.45, 7) is 4.32. The molecule has 0 N–H and O–H groups in total. The molecular weight excluding hydrogens is 326 g/mol. The molecule has 112 valence electrons. The molecule has 2 nitrogen and oxygen atoms in total. The lowest BCUT2D eigenvalue weighted by Crippen LogP contribution is -2.34. The predicted octanol–water partition coefficient (Wildman–Crippen LogP) is 5.23. The van der Waals surface area contributed by atoms with Crippen molar-refractivity contribution in [2.45, 2.75) is 51.9 Å². The van der Waals surface area contributed by atoms with Crippen molar-refractivity contribution < 1.29 is 4.79 Å². The molecule has 1 unspecified atom stereocenters. The third-order valence-corrected chi connectivity index (χ3v) is 5.21. The third kappa shape index (κ3) is 3.37. The molecule has 1 aliphatic rings. The van der Waals surface area contributed by atoms with Gasteiger partial charge in [0, 0.05) is 9.89 Å². The lowest BCUT2D eigenvalue weighted by Gasteiger charge is -2.31. The van der Waals surface area contributed by atoms with E-state index >= 15 is 0 Å². The number of nitriles is 1. The van der Waals surface area contributed by atoms with Gasteiger partial charge in [-0.2, -0.15) is 5.26 Å². The van der Waals surface area contributed by atoms with E-state index in [1.165, 1.54) is 0 Å². The highest BCUT2D eigenvalue weighted by Gasteiger charge is 2.44. The first-order chi connectivity index (χ1) is 10.00. The van der Waals surface area contributed by atoms with Gasteiger partial charge in [-0.1, -0.05) is 60.8 Å². The van der Waals surface area contributed by atoms with E-state index in [-0.39, 0.29) is 11.2 Å². The lowest BCUT2D eigenvalue weighted by atomic mass is 9.70. The van der Waals surface area contributed by atoms with Crippen LogP contribution in [0.15, 0.2) is 28.7 Å². The molecule has 1 atom stereocenters. The summed E-state index contributed by atoms with van der Waals surface area (Å²) >= 11 is 3.48. The van der Waals surface area contributed by atoms with Crippen LogP contribution in [0.5, 0.6) is 0 Å². The number of carbonyl (C=O) groups is 1. The molecule has 0 spiro atoms. The first-order valence-electron chi connectivity index (χ1n) is 7.68. The van der Waals surface area contributed by atoms with E-state index in [2.05, 4.69) is 35.8 Å². The minimum absolute atomic E-state index is 0.128. The van der Waals surface area contributed by atoms with Gasteiger partial charge >= 0.3 is 0 Å². The van der Waals surface area contributed by atoms with Gasteiger partial charge in [0.25, 0.3) is 0 Å². The molecule has 0 aliphatic heterocycles. The maximum atomic E-state index is 13.1. The van der Waals surface area contributed by atoms with E-state index in [0.29, 0.717) is 5.92 Å². The SMILES string of the molecule is CC(C)CC1(C(=O)C(C#N)c2ccccc2Br)CCCC1. The topological polar surface area (TPSA) is 40.9 Å². The van der Waals surface area contributed by atoms with Gasteiger partial charge in [0.15, 0.2) is 5.78 Å². The molecule has 1 aromatic rings. The average Bonchev–Trinajstić information content (AvgIpc) is 2.90. The van der Waals surface area contributed by atoms with Gasteiger partial charge in [0.2, 0.25) is 0 Å². The van der Waals surface area contributed by atoms with Crippen LogP contribution in [-0.2, 0) is 4.79 Å². The standard InChI is InChI=1S/C18H22BrNO/c1-13(2)11-18(9-5-6-10-18)17(21)15(12-20)14-7-3-4-8-16(14)19/h3-4,7-8,13,15H,5-6,9-11H2,1-2H3. The fourth-order valence-electron chi connectivity index (χ4n) is 3.67. The second-order valence-corrected chi connectivity index (χ2v) is 7.39. The molecule has 0 aromatic heterocycles. The highest BCUT2D eigenvalue weighted by atomic mass is 79.9. The van der Waals surface area contributed by atoms with E-state index in [4.69, 9.17) is 0 Å². The van der Waals surface area contributed by atoms with Crippen LogP contribution in [0.4, 0.5) is 0 Å². The zero-order chi connectivity index (χ0) is 15.5. The fraction of sp³-hybridized carbons (Fsp3) is 0.556. The number of hydrogen-bond donors (Lipinski definition) is 0. The Morgan fingerprint density at radius 2 is 1.95 bits per heavy atom. The van der Waals surface area contributed by atoms with Crippen molar-refractivity contribution in [2.24, 2.45) is 11.3 Å². The van der Waals surface area contributed by atoms with Crippen LogP contribution in [0.1, 0.15) is 57.4 Å². The van der Waals surface area contributed by atoms with Crippen LogP contribution in [0.3, 0.4) is 0 Å². The van der Waals surface area contributed by atoms with Crippen LogP contribution in [0, 0.1) is 22.7 Å². The normalized spacial score (nSPS) is 18.4. The van der Waals surface area contributed by atoms with Crippen LogP contribution in [0.25, 0.3) is 0 Å². The Hall–Kier alpha value is -1.14. The summed E-state index contributed by atoms with van der Waals surface area (Å²) in [5, 5.41) is 9.59. The number of hydrogen-bond acceptors (Lipinski definition) is 2. The summed E-state index contributed by atoms with van der Waals surface area (Å²) in [4.78, 5) is 13.1. The molecule has 1 aromatic carbocycles. The molecule has 0 heterocycles. The summed E-state index contributed by atoms with van der Waals surface area (Å²) < 4.78 is 0.850. The summed E-state index contributed by atoms with van der Waals surface area (Å²) in [6.07, 6.45) is 4.98. The second kappa shape index (κ2) is 6.75. The summed E-state index contributed by atoms with van der Waals surface area (Å²) in [5.74, 6) is -0.0499. The van der Waals surface area contributed by atoms with Crippen molar-refractivity contribution in [3.05, 3.63) is 34.3 Å². The molecule has 3 heteroatoms. The van der Waals surface area contributed by atoms with Gasteiger partial charge in [-0.25, -0.2) is 0 Å². The number of Topliss-reactive ketones (excluding diaryl/α,β-unsaturated/α-hetero) is 1. The number of benzene rings is 1. The van der Waals surface area contributed by atoms with E-state index < -0.39 is 5.92 Å². The Bertz CT molecular complexity index is 553. The number of nitrogens with zero attached hydrogens (tertiary/aromatic N) is 1. The van der Waals surface area contributed by atoms with Gasteiger partial charge in [-0.05, 0) is 36.8 Å². The van der Waals surface area contributed by atoms with Crippen molar-refractivity contribution in [3.63, 3.8) is 0 Å². The van der Waals surface area contributed by atoms with E-state index in [1.807, 2.05) is 24.3 Å². The lowest BCUT2D eigenvalue weighted by molar-refractivity contribution is -0.129. The first-order valence-corrected chi connectivity index (χ1v) is 8.48. The fourth-order valence-corrected chi connectivity index (χ4v) is 4.18. The smallest absolute Gasteiger partial charge is 0.160 e. The van der Waals surface area contributed by atoms with Gasteiger partial charge < -0.3 is 0 Å². The van der Waals surface area contributed by atoms with Gasteiger partial charge in [-0.3, -0.25) is 4.79 Å². The molecule has 21 heavy (non-hydrogen) atoms. The van der Waals surface area contributed by atoms with Crippen molar-refractivity contribution in [1.29, 1.82) is 5.26 Å². The zero-order valence-corrected chi connectivity index (χ0v) is 14.3. The first kappa shape index (κ1) is 16.2. The minimum atomic E-state index is -0.655. The van der Waals surface area contributed by atoms with Crippen molar-refractivity contribution in [3.8, 4) is 6.07 Å². The number of rotatable bonds is 5. The van der Waals surface area contributed by atoms with Gasteiger partial charge in [0.05, 0.1) is 6.07 Å². The molecular formula is C18H22BrNO. The molecule has 2 rings (SSSR count). The number of halogens is 1. The van der Waals surface area contributed by atoms with Crippen LogP contribution >= 0.6 is 15.9 Å². The number of ketones is 1. The predicted molar refractivity (Wildman–Crippen MR) is 87.9 cm³/mol. The van der Waals surface area contributed by atoms with Crippen molar-refractivity contribution in [2.75, 3.05) is 0 Å². The quantitative estimate of drug-likeness (QED) is 0.731. The highest BCUT2D eigenvalue weighted by Crippen LogP contribution is 2.47. The Morgan fingerprint density at radius 1 is 1.33 bits per heavy atom. The molecule has 1 saturated carbocycles. The largest absolute Gasteiger partial charge is 0.297 e. The van der Waals surface area contributed by atoms with E-state index in [9.17, 15) is 10.1 Å². The van der Waals surface area contributed by atoms with Crippen LogP contribution < -0.4 is 0 Å². The van der Waals surface area contributed by atoms with E-state index in [1.54, 1.807) is 0 Å². The zero-order valence-electron chi connectivity index (χ0n) is 12.7. The molecule has 0 amide bonds. The molecule has 0 saturated heterocycles. The molecule has 1 fully saturated rings. The van der Waals surface area contributed by atoms with Crippen molar-refractivity contribution >= 4 is 21.7 Å². The highest BCUT2D eigenvalue weighted by molar-refractivity contribution is 9.10. The van der Waals surface area contributed by atoms with Gasteiger partial charge in [0.1, 0.15) is 5.92 Å². The summed E-state index contributed by atoms with van der Waals surface area (Å²) in [7, 11) is 0. The maximum Gasteiger partial charge on any atom is 0.160 e. The Labute approximate surface area is 135 Å². The van der Waals surface area contributed by atoms with Crippen LogP contribution in [-0.4, -0.2) is 5.78 Å². The summed E-state index contributed by atoms with van der Waals surface area (Å²) in [6, 6.07) is 9.84. The summed E-state index contributed by atoms with van der Waals surface area (Å²) in [5.41, 5.74) is 0.518. The molecule has 0 bridgehead atoms. The third-order valence-electron chi connectivity index (χ3n) is 4.49. The maximum absolute atomic E-state index is 13.1. The number of carbonyl (C=O) groups excluding carboxylic acids is 1. The van der Waals surface area contributed by atoms with E-state index in [0.717, 1.165) is 42.1 Å². The monoisotopic (exact) mass is 347 g/mol. The van der Waals surface area contributed by atoms with Crippen LogP contribution in [0.2, 0.25) is 0 Å². The Kier molecular flexibility index (Phi) is 5.22. The van der Waals surface area contributed by atoms with Crippen molar-refractivity contribution in [1.82, 2.24) is 0 Å². The average molecular weight is 348 g/mol. The second-order valence-electron chi connectivity index (χ2n) is 6.53. The molecule has 0 radical (unpaired) electrons. The molecule has 1 aliphatic carbocycles.